The Bertz CT molecular complexity index is 478. The minimum absolute atomic E-state index is 0.275. The summed E-state index contributed by atoms with van der Waals surface area (Å²) in [5.74, 6) is 0.504. The number of H-pyrrole nitrogens is 1. The van der Waals surface area contributed by atoms with Crippen molar-refractivity contribution in [1.29, 1.82) is 0 Å². The fourth-order valence-corrected chi connectivity index (χ4v) is 1.55. The van der Waals surface area contributed by atoms with Crippen LogP contribution in [-0.2, 0) is 6.54 Å². The first kappa shape index (κ1) is 11.1. The lowest BCUT2D eigenvalue weighted by Crippen LogP contribution is -2.24. The van der Waals surface area contributed by atoms with Crippen LogP contribution in [0.15, 0.2) is 18.2 Å². The molecule has 1 unspecified atom stereocenters. The van der Waals surface area contributed by atoms with Gasteiger partial charge in [0.2, 0.25) is 0 Å². The lowest BCUT2D eigenvalue weighted by Gasteiger charge is -2.08. The van der Waals surface area contributed by atoms with Gasteiger partial charge in [-0.1, -0.05) is 13.0 Å². The first-order chi connectivity index (χ1) is 7.70. The van der Waals surface area contributed by atoms with Gasteiger partial charge in [0.25, 0.3) is 0 Å². The average Bonchev–Trinajstić information content (AvgIpc) is 2.70. The van der Waals surface area contributed by atoms with E-state index in [0.717, 1.165) is 17.8 Å². The molecule has 2 aromatic rings. The second kappa shape index (κ2) is 4.61. The second-order valence-electron chi connectivity index (χ2n) is 4.01. The number of rotatable bonds is 4. The van der Waals surface area contributed by atoms with Crippen LogP contribution in [-0.4, -0.2) is 16.0 Å². The molecule has 0 saturated heterocycles. The standard InChI is InChI=1S/C12H16FN3/c1-3-8(2)14-7-11-15-10-6-4-5-9(13)12(10)16-11/h4-6,8,14H,3,7H2,1-2H3,(H,15,16). The zero-order valence-corrected chi connectivity index (χ0v) is 9.55. The largest absolute Gasteiger partial charge is 0.341 e. The van der Waals surface area contributed by atoms with Crippen LogP contribution in [0, 0.1) is 5.82 Å². The zero-order chi connectivity index (χ0) is 11.5. The molecule has 1 aromatic carbocycles. The van der Waals surface area contributed by atoms with Gasteiger partial charge < -0.3 is 10.3 Å². The van der Waals surface area contributed by atoms with E-state index in [-0.39, 0.29) is 5.82 Å². The Morgan fingerprint density at radius 1 is 1.50 bits per heavy atom. The Hall–Kier alpha value is -1.42. The molecule has 2 N–H and O–H groups in total. The van der Waals surface area contributed by atoms with Crippen molar-refractivity contribution in [3.05, 3.63) is 29.8 Å². The van der Waals surface area contributed by atoms with Crippen molar-refractivity contribution >= 4 is 11.0 Å². The maximum absolute atomic E-state index is 13.4. The van der Waals surface area contributed by atoms with Crippen molar-refractivity contribution in [3.63, 3.8) is 0 Å². The number of nitrogens with zero attached hydrogens (tertiary/aromatic N) is 1. The highest BCUT2D eigenvalue weighted by Gasteiger charge is 2.07. The van der Waals surface area contributed by atoms with Crippen LogP contribution in [0.5, 0.6) is 0 Å². The summed E-state index contributed by atoms with van der Waals surface area (Å²) in [7, 11) is 0. The number of para-hydroxylation sites is 1. The summed E-state index contributed by atoms with van der Waals surface area (Å²) in [6.45, 7) is 4.88. The minimum atomic E-state index is -0.275. The number of hydrogen-bond donors (Lipinski definition) is 2. The molecule has 1 heterocycles. The van der Waals surface area contributed by atoms with E-state index in [1.807, 2.05) is 6.07 Å². The molecule has 0 radical (unpaired) electrons. The molecule has 0 bridgehead atoms. The first-order valence-corrected chi connectivity index (χ1v) is 5.57. The van der Waals surface area contributed by atoms with Crippen molar-refractivity contribution < 1.29 is 4.39 Å². The van der Waals surface area contributed by atoms with Crippen LogP contribution in [0.25, 0.3) is 11.0 Å². The molecule has 16 heavy (non-hydrogen) atoms. The Morgan fingerprint density at radius 2 is 2.31 bits per heavy atom. The smallest absolute Gasteiger partial charge is 0.151 e. The number of benzene rings is 1. The summed E-state index contributed by atoms with van der Waals surface area (Å²) in [6, 6.07) is 5.38. The summed E-state index contributed by atoms with van der Waals surface area (Å²) >= 11 is 0. The van der Waals surface area contributed by atoms with Gasteiger partial charge in [0.1, 0.15) is 11.3 Å². The maximum atomic E-state index is 13.4. The van der Waals surface area contributed by atoms with E-state index < -0.39 is 0 Å². The highest BCUT2D eigenvalue weighted by atomic mass is 19.1. The van der Waals surface area contributed by atoms with Gasteiger partial charge in [-0.05, 0) is 25.5 Å². The van der Waals surface area contributed by atoms with Crippen molar-refractivity contribution in [3.8, 4) is 0 Å². The third-order valence-electron chi connectivity index (χ3n) is 2.74. The summed E-state index contributed by atoms with van der Waals surface area (Å²) in [6.07, 6.45) is 1.06. The number of halogens is 1. The molecule has 0 aliphatic carbocycles. The van der Waals surface area contributed by atoms with Gasteiger partial charge in [-0.25, -0.2) is 9.37 Å². The molecule has 0 saturated carbocycles. The molecule has 2 rings (SSSR count). The van der Waals surface area contributed by atoms with E-state index in [2.05, 4.69) is 29.1 Å². The van der Waals surface area contributed by atoms with E-state index >= 15 is 0 Å². The zero-order valence-electron chi connectivity index (χ0n) is 9.55. The van der Waals surface area contributed by atoms with Crippen LogP contribution in [0.2, 0.25) is 0 Å². The van der Waals surface area contributed by atoms with Crippen LogP contribution >= 0.6 is 0 Å². The molecular formula is C12H16FN3. The van der Waals surface area contributed by atoms with Gasteiger partial charge in [0, 0.05) is 6.04 Å². The van der Waals surface area contributed by atoms with Gasteiger partial charge in [-0.2, -0.15) is 0 Å². The fraction of sp³-hybridized carbons (Fsp3) is 0.417. The predicted octanol–water partition coefficient (Wildman–Crippen LogP) is 2.59. The third-order valence-corrected chi connectivity index (χ3v) is 2.74. The number of hydrogen-bond acceptors (Lipinski definition) is 2. The second-order valence-corrected chi connectivity index (χ2v) is 4.01. The molecule has 4 heteroatoms. The molecule has 0 aliphatic heterocycles. The average molecular weight is 221 g/mol. The van der Waals surface area contributed by atoms with Crippen molar-refractivity contribution in [2.75, 3.05) is 0 Å². The number of aromatic nitrogens is 2. The highest BCUT2D eigenvalue weighted by molar-refractivity contribution is 5.75. The molecule has 3 nitrogen and oxygen atoms in total. The highest BCUT2D eigenvalue weighted by Crippen LogP contribution is 2.14. The lowest BCUT2D eigenvalue weighted by atomic mass is 10.2. The topological polar surface area (TPSA) is 40.7 Å². The Morgan fingerprint density at radius 3 is 3.00 bits per heavy atom. The molecule has 86 valence electrons. The number of aromatic amines is 1. The number of fused-ring (bicyclic) bond motifs is 1. The van der Waals surface area contributed by atoms with Gasteiger partial charge >= 0.3 is 0 Å². The molecule has 0 spiro atoms. The van der Waals surface area contributed by atoms with Gasteiger partial charge in [0.15, 0.2) is 5.82 Å². The minimum Gasteiger partial charge on any atom is -0.341 e. The van der Waals surface area contributed by atoms with Crippen LogP contribution < -0.4 is 5.32 Å². The van der Waals surface area contributed by atoms with E-state index in [1.54, 1.807) is 6.07 Å². The first-order valence-electron chi connectivity index (χ1n) is 5.57. The molecule has 0 fully saturated rings. The SMILES string of the molecule is CCC(C)NCc1nc2c(F)cccc2[nH]1. The van der Waals surface area contributed by atoms with E-state index in [4.69, 9.17) is 0 Å². The summed E-state index contributed by atoms with van der Waals surface area (Å²) in [4.78, 5) is 7.33. The van der Waals surface area contributed by atoms with Gasteiger partial charge in [-0.15, -0.1) is 0 Å². The molecular weight excluding hydrogens is 205 g/mol. The van der Waals surface area contributed by atoms with Crippen LogP contribution in [0.4, 0.5) is 4.39 Å². The predicted molar refractivity (Wildman–Crippen MR) is 62.6 cm³/mol. The van der Waals surface area contributed by atoms with E-state index in [0.29, 0.717) is 18.1 Å². The summed E-state index contributed by atoms with van der Waals surface area (Å²) < 4.78 is 13.4. The van der Waals surface area contributed by atoms with Gasteiger partial charge in [0.05, 0.1) is 12.1 Å². The van der Waals surface area contributed by atoms with Crippen molar-refractivity contribution in [1.82, 2.24) is 15.3 Å². The molecule has 1 aromatic heterocycles. The third kappa shape index (κ3) is 2.22. The van der Waals surface area contributed by atoms with E-state index in [9.17, 15) is 4.39 Å². The summed E-state index contributed by atoms with van der Waals surface area (Å²) in [5.41, 5.74) is 1.17. The Balaban J connectivity index is 2.17. The number of imidazole rings is 1. The Labute approximate surface area is 94.1 Å². The maximum Gasteiger partial charge on any atom is 0.151 e. The lowest BCUT2D eigenvalue weighted by molar-refractivity contribution is 0.525. The Kier molecular flexibility index (Phi) is 3.19. The molecule has 0 amide bonds. The fourth-order valence-electron chi connectivity index (χ4n) is 1.55. The normalized spacial score (nSPS) is 13.2. The van der Waals surface area contributed by atoms with Crippen LogP contribution in [0.3, 0.4) is 0 Å². The summed E-state index contributed by atoms with van der Waals surface area (Å²) in [5, 5.41) is 3.31. The van der Waals surface area contributed by atoms with Crippen molar-refractivity contribution in [2.45, 2.75) is 32.9 Å². The molecule has 0 aliphatic rings. The van der Waals surface area contributed by atoms with Gasteiger partial charge in [-0.3, -0.25) is 0 Å². The number of nitrogens with one attached hydrogen (secondary N) is 2. The molecule has 1 atom stereocenters. The van der Waals surface area contributed by atoms with Crippen molar-refractivity contribution in [2.24, 2.45) is 0 Å². The van der Waals surface area contributed by atoms with Crippen LogP contribution in [0.1, 0.15) is 26.1 Å². The monoisotopic (exact) mass is 221 g/mol. The van der Waals surface area contributed by atoms with E-state index in [1.165, 1.54) is 6.07 Å². The quantitative estimate of drug-likeness (QED) is 0.833.